The SMILES string of the molecule is COc1ccccc1C(=O)NCC1CC(=O)C(O)CCC1c1ccccc1. The molecule has 1 aliphatic carbocycles. The number of amides is 1. The fraction of sp³-hybridized carbons (Fsp3) is 0.364. The summed E-state index contributed by atoms with van der Waals surface area (Å²) in [4.78, 5) is 24.9. The van der Waals surface area contributed by atoms with Crippen LogP contribution in [0.15, 0.2) is 54.6 Å². The van der Waals surface area contributed by atoms with E-state index < -0.39 is 6.10 Å². The molecule has 5 nitrogen and oxygen atoms in total. The maximum Gasteiger partial charge on any atom is 0.255 e. The van der Waals surface area contributed by atoms with E-state index in [0.717, 1.165) is 5.56 Å². The van der Waals surface area contributed by atoms with Crippen molar-refractivity contribution in [2.24, 2.45) is 5.92 Å². The van der Waals surface area contributed by atoms with Crippen molar-refractivity contribution in [1.82, 2.24) is 5.32 Å². The number of ketones is 1. The summed E-state index contributed by atoms with van der Waals surface area (Å²) in [5.41, 5.74) is 1.60. The lowest BCUT2D eigenvalue weighted by Gasteiger charge is -2.25. The summed E-state index contributed by atoms with van der Waals surface area (Å²) in [6, 6.07) is 17.1. The quantitative estimate of drug-likeness (QED) is 0.797. The molecule has 0 aromatic heterocycles. The number of aliphatic hydroxyl groups is 1. The van der Waals surface area contributed by atoms with Crippen LogP contribution >= 0.6 is 0 Å². The molecular weight excluding hydrogens is 342 g/mol. The molecule has 2 aromatic rings. The third-order valence-corrected chi connectivity index (χ3v) is 5.26. The minimum absolute atomic E-state index is 0.0595. The summed E-state index contributed by atoms with van der Waals surface area (Å²) in [7, 11) is 1.53. The van der Waals surface area contributed by atoms with Crippen LogP contribution in [0.1, 0.15) is 41.1 Å². The molecule has 5 heteroatoms. The second-order valence-corrected chi connectivity index (χ2v) is 6.95. The van der Waals surface area contributed by atoms with Gasteiger partial charge in [-0.3, -0.25) is 9.59 Å². The summed E-state index contributed by atoms with van der Waals surface area (Å²) < 4.78 is 5.25. The number of hydrogen-bond donors (Lipinski definition) is 2. The highest BCUT2D eigenvalue weighted by atomic mass is 16.5. The minimum atomic E-state index is -0.911. The van der Waals surface area contributed by atoms with Gasteiger partial charge in [0.15, 0.2) is 5.78 Å². The van der Waals surface area contributed by atoms with Crippen LogP contribution in [0, 0.1) is 5.92 Å². The molecule has 0 aliphatic heterocycles. The largest absolute Gasteiger partial charge is 0.496 e. The van der Waals surface area contributed by atoms with E-state index >= 15 is 0 Å². The Morgan fingerprint density at radius 3 is 2.56 bits per heavy atom. The van der Waals surface area contributed by atoms with Gasteiger partial charge >= 0.3 is 0 Å². The highest BCUT2D eigenvalue weighted by Gasteiger charge is 2.32. The molecule has 3 unspecified atom stereocenters. The smallest absolute Gasteiger partial charge is 0.255 e. The Labute approximate surface area is 159 Å². The summed E-state index contributed by atoms with van der Waals surface area (Å²) >= 11 is 0. The van der Waals surface area contributed by atoms with Gasteiger partial charge in [-0.1, -0.05) is 42.5 Å². The van der Waals surface area contributed by atoms with E-state index in [1.807, 2.05) is 36.4 Å². The molecule has 1 aliphatic rings. The Bertz CT molecular complexity index is 790. The number of Topliss-reactive ketones (excluding diaryl/α,β-unsaturated/α-hetero) is 1. The molecule has 0 heterocycles. The Balaban J connectivity index is 1.76. The van der Waals surface area contributed by atoms with E-state index in [2.05, 4.69) is 5.32 Å². The highest BCUT2D eigenvalue weighted by Crippen LogP contribution is 2.35. The third kappa shape index (κ3) is 4.55. The number of nitrogens with one attached hydrogen (secondary N) is 1. The average Bonchev–Trinajstić information content (AvgIpc) is 2.85. The fourth-order valence-corrected chi connectivity index (χ4v) is 3.78. The Hall–Kier alpha value is -2.66. The number of hydrogen-bond acceptors (Lipinski definition) is 4. The standard InChI is InChI=1S/C22H25NO4/c1-27-21-10-6-5-9-18(21)22(26)23-14-16-13-20(25)19(24)12-11-17(16)15-7-3-2-4-8-15/h2-10,16-17,19,24H,11-14H2,1H3,(H,23,26). The lowest BCUT2D eigenvalue weighted by molar-refractivity contribution is -0.127. The van der Waals surface area contributed by atoms with E-state index in [1.54, 1.807) is 18.2 Å². The van der Waals surface area contributed by atoms with Crippen LogP contribution in [0.3, 0.4) is 0 Å². The molecule has 2 N–H and O–H groups in total. The van der Waals surface area contributed by atoms with Gasteiger partial charge in [0.2, 0.25) is 0 Å². The Kier molecular flexibility index (Phi) is 6.24. The van der Waals surface area contributed by atoms with Crippen LogP contribution < -0.4 is 10.1 Å². The molecule has 27 heavy (non-hydrogen) atoms. The number of benzene rings is 2. The van der Waals surface area contributed by atoms with Gasteiger partial charge in [0.05, 0.1) is 12.7 Å². The molecule has 0 radical (unpaired) electrons. The van der Waals surface area contributed by atoms with Gasteiger partial charge in [-0.25, -0.2) is 0 Å². The van der Waals surface area contributed by atoms with E-state index in [9.17, 15) is 14.7 Å². The van der Waals surface area contributed by atoms with E-state index in [-0.39, 0.29) is 29.9 Å². The van der Waals surface area contributed by atoms with Gasteiger partial charge in [-0.2, -0.15) is 0 Å². The summed E-state index contributed by atoms with van der Waals surface area (Å²) in [6.07, 6.45) is 0.514. The number of carbonyl (C=O) groups excluding carboxylic acids is 2. The van der Waals surface area contributed by atoms with E-state index in [1.165, 1.54) is 7.11 Å². The lowest BCUT2D eigenvalue weighted by atomic mass is 9.82. The first-order chi connectivity index (χ1) is 13.1. The van der Waals surface area contributed by atoms with Crippen molar-refractivity contribution >= 4 is 11.7 Å². The van der Waals surface area contributed by atoms with Crippen molar-refractivity contribution in [3.8, 4) is 5.75 Å². The zero-order chi connectivity index (χ0) is 19.2. The maximum absolute atomic E-state index is 12.6. The molecule has 142 valence electrons. The van der Waals surface area contributed by atoms with Gasteiger partial charge in [-0.05, 0) is 42.4 Å². The number of rotatable bonds is 5. The van der Waals surface area contributed by atoms with Crippen molar-refractivity contribution in [3.05, 3.63) is 65.7 Å². The molecule has 2 aromatic carbocycles. The topological polar surface area (TPSA) is 75.6 Å². The van der Waals surface area contributed by atoms with Crippen LogP contribution in [0.25, 0.3) is 0 Å². The van der Waals surface area contributed by atoms with Gasteiger partial charge in [0.25, 0.3) is 5.91 Å². The summed E-state index contributed by atoms with van der Waals surface area (Å²) in [5.74, 6) is 0.199. The summed E-state index contributed by atoms with van der Waals surface area (Å²) in [5, 5.41) is 13.0. The maximum atomic E-state index is 12.6. The number of ether oxygens (including phenoxy) is 1. The average molecular weight is 367 g/mol. The van der Waals surface area contributed by atoms with E-state index in [4.69, 9.17) is 4.74 Å². The second kappa shape index (κ2) is 8.82. The number of aliphatic hydroxyl groups excluding tert-OH is 1. The first-order valence-corrected chi connectivity index (χ1v) is 9.27. The third-order valence-electron chi connectivity index (χ3n) is 5.26. The van der Waals surface area contributed by atoms with Crippen molar-refractivity contribution in [3.63, 3.8) is 0 Å². The predicted octanol–water partition coefficient (Wildman–Crippen LogP) is 2.94. The Morgan fingerprint density at radius 1 is 1.11 bits per heavy atom. The van der Waals surface area contributed by atoms with Crippen molar-refractivity contribution in [2.75, 3.05) is 13.7 Å². The number of methoxy groups -OCH3 is 1. The zero-order valence-corrected chi connectivity index (χ0v) is 15.4. The predicted molar refractivity (Wildman–Crippen MR) is 103 cm³/mol. The zero-order valence-electron chi connectivity index (χ0n) is 15.4. The molecule has 0 bridgehead atoms. The lowest BCUT2D eigenvalue weighted by Crippen LogP contribution is -2.33. The number of carbonyl (C=O) groups is 2. The van der Waals surface area contributed by atoms with Crippen LogP contribution in [-0.2, 0) is 4.79 Å². The molecule has 0 saturated heterocycles. The molecular formula is C22H25NO4. The minimum Gasteiger partial charge on any atom is -0.496 e. The first-order valence-electron chi connectivity index (χ1n) is 9.27. The molecule has 1 amide bonds. The summed E-state index contributed by atoms with van der Waals surface area (Å²) in [6.45, 7) is 0.370. The van der Waals surface area contributed by atoms with Crippen molar-refractivity contribution < 1.29 is 19.4 Å². The number of para-hydroxylation sites is 1. The highest BCUT2D eigenvalue weighted by molar-refractivity contribution is 5.97. The monoisotopic (exact) mass is 367 g/mol. The Morgan fingerprint density at radius 2 is 1.81 bits per heavy atom. The van der Waals surface area contributed by atoms with Crippen LogP contribution in [0.5, 0.6) is 5.75 Å². The molecule has 1 fully saturated rings. The van der Waals surface area contributed by atoms with Crippen molar-refractivity contribution in [1.29, 1.82) is 0 Å². The van der Waals surface area contributed by atoms with Crippen LogP contribution in [-0.4, -0.2) is 36.6 Å². The van der Waals surface area contributed by atoms with Gasteiger partial charge < -0.3 is 15.2 Å². The van der Waals surface area contributed by atoms with Gasteiger partial charge in [0, 0.05) is 13.0 Å². The normalized spacial score (nSPS) is 22.7. The van der Waals surface area contributed by atoms with Crippen molar-refractivity contribution in [2.45, 2.75) is 31.3 Å². The molecule has 1 saturated carbocycles. The fourth-order valence-electron chi connectivity index (χ4n) is 3.78. The first kappa shape index (κ1) is 19.1. The van der Waals surface area contributed by atoms with Crippen LogP contribution in [0.4, 0.5) is 0 Å². The second-order valence-electron chi connectivity index (χ2n) is 6.95. The molecule has 0 spiro atoms. The van der Waals surface area contributed by atoms with E-state index in [0.29, 0.717) is 30.7 Å². The van der Waals surface area contributed by atoms with Gasteiger partial charge in [-0.15, -0.1) is 0 Å². The molecule has 3 atom stereocenters. The van der Waals surface area contributed by atoms with Crippen LogP contribution in [0.2, 0.25) is 0 Å². The molecule has 3 rings (SSSR count). The van der Waals surface area contributed by atoms with Gasteiger partial charge in [0.1, 0.15) is 11.9 Å².